The first kappa shape index (κ1) is 23.5. The van der Waals surface area contributed by atoms with Gasteiger partial charge >= 0.3 is 0 Å². The van der Waals surface area contributed by atoms with Gasteiger partial charge in [0.25, 0.3) is 0 Å². The van der Waals surface area contributed by atoms with Crippen LogP contribution in [0.25, 0.3) is 100 Å². The summed E-state index contributed by atoms with van der Waals surface area (Å²) < 4.78 is 55.2. The Hall–Kier alpha value is -6.85. The molecule has 3 aromatic heterocycles. The lowest BCUT2D eigenvalue weighted by molar-refractivity contribution is 0.669. The Morgan fingerprint density at radius 2 is 1.02 bits per heavy atom. The molecule has 0 aliphatic rings. The summed E-state index contributed by atoms with van der Waals surface area (Å²) in [5, 5.41) is 3.41. The molecule has 7 aromatic carbocycles. The highest BCUT2D eigenvalue weighted by atomic mass is 16.3. The van der Waals surface area contributed by atoms with E-state index in [0.717, 1.165) is 49.4 Å². The third-order valence-electron chi connectivity index (χ3n) is 9.04. The normalized spacial score (nSPS) is 13.0. The van der Waals surface area contributed by atoms with Crippen LogP contribution in [-0.2, 0) is 0 Å². The van der Waals surface area contributed by atoms with Gasteiger partial charge in [-0.2, -0.15) is 0 Å². The number of hydrogen-bond acceptors (Lipinski definition) is 5. The van der Waals surface area contributed by atoms with Gasteiger partial charge in [-0.15, -0.1) is 0 Å². The van der Waals surface area contributed by atoms with Gasteiger partial charge < -0.3 is 8.83 Å². The summed E-state index contributed by atoms with van der Waals surface area (Å²) >= 11 is 0. The predicted molar refractivity (Wildman–Crippen MR) is 202 cm³/mol. The molecule has 0 bridgehead atoms. The summed E-state index contributed by atoms with van der Waals surface area (Å²) in [6.07, 6.45) is 0. The smallest absolute Gasteiger partial charge is 0.167 e. The van der Waals surface area contributed by atoms with Gasteiger partial charge in [-0.3, -0.25) is 0 Å². The van der Waals surface area contributed by atoms with Crippen LogP contribution in [0.2, 0.25) is 0 Å². The Bertz CT molecular complexity index is 3070. The average Bonchev–Trinajstić information content (AvgIpc) is 3.82. The molecule has 3 heterocycles. The number of nitrogens with zero attached hydrogens (tertiary/aromatic N) is 3. The number of fused-ring (bicyclic) bond motifs is 6. The first-order valence-electron chi connectivity index (χ1n) is 18.7. The molecule has 0 unspecified atom stereocenters. The molecule has 0 radical (unpaired) electrons. The summed E-state index contributed by atoms with van der Waals surface area (Å²) in [6, 6.07) is 41.2. The molecule has 234 valence electrons. The highest BCUT2D eigenvalue weighted by Crippen LogP contribution is 2.43. The largest absolute Gasteiger partial charge is 0.455 e. The number of furan rings is 2. The van der Waals surface area contributed by atoms with Crippen LogP contribution in [0.3, 0.4) is 0 Å². The van der Waals surface area contributed by atoms with Crippen molar-refractivity contribution in [1.29, 1.82) is 0 Å². The fourth-order valence-electron chi connectivity index (χ4n) is 6.72. The lowest BCUT2D eigenvalue weighted by Crippen LogP contribution is -2.00. The van der Waals surface area contributed by atoms with Gasteiger partial charge in [0, 0.05) is 38.2 Å². The Labute approximate surface area is 294 Å². The summed E-state index contributed by atoms with van der Waals surface area (Å²) in [6.45, 7) is 0. The first-order valence-corrected chi connectivity index (χ1v) is 16.2. The van der Waals surface area contributed by atoms with Gasteiger partial charge in [-0.1, -0.05) is 133 Å². The minimum atomic E-state index is -0.441. The molecule has 0 N–H and O–H groups in total. The van der Waals surface area contributed by atoms with Crippen LogP contribution >= 0.6 is 0 Å². The maximum absolute atomic E-state index is 8.70. The van der Waals surface area contributed by atoms with E-state index in [2.05, 4.69) is 6.07 Å². The lowest BCUT2D eigenvalue weighted by Gasteiger charge is -2.09. The highest BCUT2D eigenvalue weighted by Gasteiger charge is 2.20. The standard InChI is InChI=1S/C45H27N3O2/c1-4-13-28(14-5-1)33-25-24-32(40-35-19-10-11-22-38(35)50-42(33)40)31-23-26-39-37(27-31)34-20-12-21-36(41(34)49-39)45-47-43(29-15-6-2-7-16-29)46-44(48-45)30-17-8-3-9-18-30/h1-27H/i1D,4D,5D,13D,14D. The van der Waals surface area contributed by atoms with Crippen molar-refractivity contribution in [2.45, 2.75) is 0 Å². The van der Waals surface area contributed by atoms with E-state index < -0.39 is 18.1 Å². The molecule has 50 heavy (non-hydrogen) atoms. The Kier molecular flexibility index (Phi) is 5.35. The predicted octanol–water partition coefficient (Wildman–Crippen LogP) is 12.0. The third-order valence-corrected chi connectivity index (χ3v) is 9.04. The van der Waals surface area contributed by atoms with E-state index in [4.69, 9.17) is 30.6 Å². The average molecular weight is 647 g/mol. The molecule has 0 aliphatic carbocycles. The van der Waals surface area contributed by atoms with E-state index in [-0.39, 0.29) is 17.6 Å². The maximum Gasteiger partial charge on any atom is 0.167 e. The highest BCUT2D eigenvalue weighted by molar-refractivity contribution is 6.17. The van der Waals surface area contributed by atoms with Crippen molar-refractivity contribution < 1.29 is 15.7 Å². The van der Waals surface area contributed by atoms with Crippen molar-refractivity contribution in [3.8, 4) is 56.4 Å². The van der Waals surface area contributed by atoms with E-state index in [9.17, 15) is 0 Å². The third kappa shape index (κ3) is 4.60. The Morgan fingerprint density at radius 3 is 1.78 bits per heavy atom. The molecule has 0 aliphatic heterocycles. The zero-order valence-corrected chi connectivity index (χ0v) is 26.4. The van der Waals surface area contributed by atoms with Gasteiger partial charge in [0.2, 0.25) is 0 Å². The number of para-hydroxylation sites is 2. The minimum Gasteiger partial charge on any atom is -0.455 e. The number of hydrogen-bond donors (Lipinski definition) is 0. The molecule has 10 aromatic rings. The van der Waals surface area contributed by atoms with E-state index in [1.165, 1.54) is 0 Å². The molecule has 5 heteroatoms. The molecule has 0 saturated heterocycles. The van der Waals surface area contributed by atoms with Crippen molar-refractivity contribution in [3.05, 3.63) is 164 Å². The second kappa shape index (κ2) is 11.4. The zero-order valence-electron chi connectivity index (χ0n) is 31.4. The molecular weight excluding hydrogens is 615 g/mol. The summed E-state index contributed by atoms with van der Waals surface area (Å²) in [7, 11) is 0. The van der Waals surface area contributed by atoms with Gasteiger partial charge in [0.15, 0.2) is 17.5 Å². The molecule has 5 nitrogen and oxygen atoms in total. The second-order valence-corrected chi connectivity index (χ2v) is 12.0. The van der Waals surface area contributed by atoms with E-state index >= 15 is 0 Å². The van der Waals surface area contributed by atoms with Crippen LogP contribution < -0.4 is 0 Å². The van der Waals surface area contributed by atoms with Crippen LogP contribution in [0.1, 0.15) is 6.85 Å². The molecule has 0 spiro atoms. The zero-order chi connectivity index (χ0) is 37.4. The number of benzene rings is 7. The number of rotatable bonds is 5. The lowest BCUT2D eigenvalue weighted by atomic mass is 9.94. The fourth-order valence-corrected chi connectivity index (χ4v) is 6.72. The van der Waals surface area contributed by atoms with E-state index in [0.29, 0.717) is 45.4 Å². The fraction of sp³-hybridized carbons (Fsp3) is 0. The van der Waals surface area contributed by atoms with Crippen molar-refractivity contribution >= 4 is 43.9 Å². The van der Waals surface area contributed by atoms with Crippen LogP contribution in [0, 0.1) is 0 Å². The van der Waals surface area contributed by atoms with Gasteiger partial charge in [-0.25, -0.2) is 15.0 Å². The minimum absolute atomic E-state index is 0.0922. The van der Waals surface area contributed by atoms with Crippen LogP contribution in [0.15, 0.2) is 173 Å². The Balaban J connectivity index is 1.17. The van der Waals surface area contributed by atoms with Crippen molar-refractivity contribution in [3.63, 3.8) is 0 Å². The number of aromatic nitrogens is 3. The van der Waals surface area contributed by atoms with Crippen molar-refractivity contribution in [2.75, 3.05) is 0 Å². The molecule has 0 amide bonds. The van der Waals surface area contributed by atoms with Gasteiger partial charge in [-0.05, 0) is 47.0 Å². The van der Waals surface area contributed by atoms with Gasteiger partial charge in [0.1, 0.15) is 22.3 Å². The maximum atomic E-state index is 8.70. The van der Waals surface area contributed by atoms with E-state index in [1.54, 1.807) is 6.07 Å². The van der Waals surface area contributed by atoms with Crippen LogP contribution in [0.5, 0.6) is 0 Å². The monoisotopic (exact) mass is 646 g/mol. The quantitative estimate of drug-likeness (QED) is 0.186. The molecule has 0 fully saturated rings. The summed E-state index contributed by atoms with van der Waals surface area (Å²) in [4.78, 5) is 14.7. The van der Waals surface area contributed by atoms with Crippen LogP contribution in [-0.4, -0.2) is 15.0 Å². The van der Waals surface area contributed by atoms with Gasteiger partial charge in [0.05, 0.1) is 12.4 Å². The van der Waals surface area contributed by atoms with Crippen molar-refractivity contribution in [1.82, 2.24) is 15.0 Å². The SMILES string of the molecule is [2H]c1c([2H])c([2H])c(-c2ccc(-c3ccc4oc5c(-c6nc(-c7ccccc7)nc(-c7ccccc7)n6)cccc5c4c3)c3c2oc2ccccc23)c([2H])c1[2H]. The van der Waals surface area contributed by atoms with Crippen LogP contribution in [0.4, 0.5) is 0 Å². The Morgan fingerprint density at radius 1 is 0.400 bits per heavy atom. The summed E-state index contributed by atoms with van der Waals surface area (Å²) in [5.41, 5.74) is 7.16. The molecular formula is C45H27N3O2. The second-order valence-electron chi connectivity index (χ2n) is 12.0. The topological polar surface area (TPSA) is 65.0 Å². The molecule has 0 atom stereocenters. The first-order chi connectivity index (χ1) is 26.9. The summed E-state index contributed by atoms with van der Waals surface area (Å²) in [5.74, 6) is 1.61. The van der Waals surface area contributed by atoms with E-state index in [1.807, 2.05) is 121 Å². The van der Waals surface area contributed by atoms with Crippen molar-refractivity contribution in [2.24, 2.45) is 0 Å². The molecule has 0 saturated carbocycles. The molecule has 10 rings (SSSR count).